The number of rotatable bonds is 10. The Morgan fingerprint density at radius 2 is 1.81 bits per heavy atom. The van der Waals surface area contributed by atoms with Crippen molar-refractivity contribution in [3.8, 4) is 34.2 Å². The van der Waals surface area contributed by atoms with Crippen molar-refractivity contribution in [2.75, 3.05) is 13.2 Å². The number of para-hydroxylation sites is 1. The second kappa shape index (κ2) is 10.7. The minimum Gasteiger partial charge on any atom is -0.494 e. The van der Waals surface area contributed by atoms with Crippen molar-refractivity contribution in [3.63, 3.8) is 0 Å². The smallest absolute Gasteiger partial charge is 0.276 e. The van der Waals surface area contributed by atoms with Gasteiger partial charge in [-0.15, -0.1) is 0 Å². The highest BCUT2D eigenvalue weighted by molar-refractivity contribution is 5.71. The van der Waals surface area contributed by atoms with E-state index in [0.717, 1.165) is 35.5 Å². The quantitative estimate of drug-likeness (QED) is 0.228. The molecule has 190 valence electrons. The number of ether oxygens (including phenoxy) is 2. The number of hydrogen-bond donors (Lipinski definition) is 0. The molecule has 0 aliphatic carbocycles. The molecule has 2 aromatic carbocycles. The molecule has 8 heteroatoms. The normalized spacial score (nSPS) is 11.2. The highest BCUT2D eigenvalue weighted by atomic mass is 16.5. The lowest BCUT2D eigenvalue weighted by Gasteiger charge is -2.09. The summed E-state index contributed by atoms with van der Waals surface area (Å²) in [5.41, 5.74) is 3.42. The van der Waals surface area contributed by atoms with Gasteiger partial charge in [-0.2, -0.15) is 5.10 Å². The van der Waals surface area contributed by atoms with Gasteiger partial charge in [0.2, 0.25) is 5.89 Å². The average molecular weight is 499 g/mol. The van der Waals surface area contributed by atoms with Gasteiger partial charge in [0, 0.05) is 23.5 Å². The summed E-state index contributed by atoms with van der Waals surface area (Å²) in [7, 11) is 0. The molecule has 3 aromatic heterocycles. The van der Waals surface area contributed by atoms with E-state index in [1.165, 1.54) is 0 Å². The first-order valence-electron chi connectivity index (χ1n) is 12.6. The van der Waals surface area contributed by atoms with Gasteiger partial charge in [-0.1, -0.05) is 25.5 Å². The Morgan fingerprint density at radius 1 is 1.00 bits per heavy atom. The molecule has 0 unspecified atom stereocenters. The molecule has 0 radical (unpaired) electrons. The van der Waals surface area contributed by atoms with Crippen molar-refractivity contribution in [2.24, 2.45) is 0 Å². The van der Waals surface area contributed by atoms with Crippen LogP contribution in [0.25, 0.3) is 28.2 Å². The number of unbranched alkanes of at least 4 members (excludes halogenated alkanes) is 1. The molecule has 0 bridgehead atoms. The van der Waals surface area contributed by atoms with Crippen LogP contribution in [0.3, 0.4) is 0 Å². The molecule has 0 saturated carbocycles. The summed E-state index contributed by atoms with van der Waals surface area (Å²) >= 11 is 0. The largest absolute Gasteiger partial charge is 0.494 e. The molecule has 0 saturated heterocycles. The Bertz CT molecular complexity index is 1560. The van der Waals surface area contributed by atoms with Crippen LogP contribution >= 0.6 is 0 Å². The number of nitrogens with zero attached hydrogens (tertiary/aromatic N) is 4. The van der Waals surface area contributed by atoms with Crippen LogP contribution in [0.15, 0.2) is 76.2 Å². The Kier molecular flexibility index (Phi) is 7.07. The van der Waals surface area contributed by atoms with E-state index < -0.39 is 0 Å². The third kappa shape index (κ3) is 5.14. The Hall–Kier alpha value is -4.33. The van der Waals surface area contributed by atoms with Crippen LogP contribution in [0.1, 0.15) is 38.1 Å². The van der Waals surface area contributed by atoms with E-state index in [2.05, 4.69) is 17.0 Å². The van der Waals surface area contributed by atoms with E-state index in [1.54, 1.807) is 21.5 Å². The number of aromatic nitrogens is 4. The van der Waals surface area contributed by atoms with Crippen molar-refractivity contribution < 1.29 is 13.9 Å². The summed E-state index contributed by atoms with van der Waals surface area (Å²) in [5.74, 6) is 2.74. The van der Waals surface area contributed by atoms with Gasteiger partial charge in [-0.3, -0.25) is 4.79 Å². The van der Waals surface area contributed by atoms with Crippen LogP contribution in [0.2, 0.25) is 0 Å². The van der Waals surface area contributed by atoms with Gasteiger partial charge in [0.1, 0.15) is 28.5 Å². The zero-order valence-corrected chi connectivity index (χ0v) is 21.3. The van der Waals surface area contributed by atoms with Crippen LogP contribution in [-0.4, -0.2) is 32.4 Å². The van der Waals surface area contributed by atoms with E-state index in [4.69, 9.17) is 13.9 Å². The number of hydrogen-bond acceptors (Lipinski definition) is 6. The van der Waals surface area contributed by atoms with Crippen molar-refractivity contribution in [3.05, 3.63) is 88.8 Å². The lowest BCUT2D eigenvalue weighted by Crippen LogP contribution is -2.22. The van der Waals surface area contributed by atoms with Gasteiger partial charge in [0.15, 0.2) is 0 Å². The predicted octanol–water partition coefficient (Wildman–Crippen LogP) is 5.75. The molecule has 0 atom stereocenters. The average Bonchev–Trinajstić information content (AvgIpc) is 3.51. The third-order valence-electron chi connectivity index (χ3n) is 6.15. The number of oxazole rings is 1. The van der Waals surface area contributed by atoms with Crippen LogP contribution in [0.5, 0.6) is 11.5 Å². The highest BCUT2D eigenvalue weighted by Crippen LogP contribution is 2.29. The summed E-state index contributed by atoms with van der Waals surface area (Å²) in [6.07, 6.45) is 5.54. The molecule has 0 aliphatic heterocycles. The van der Waals surface area contributed by atoms with Crippen molar-refractivity contribution in [1.29, 1.82) is 0 Å². The van der Waals surface area contributed by atoms with E-state index in [-0.39, 0.29) is 5.56 Å². The summed E-state index contributed by atoms with van der Waals surface area (Å²) in [5, 5.41) is 4.64. The minimum atomic E-state index is -0.157. The molecule has 0 N–H and O–H groups in total. The van der Waals surface area contributed by atoms with Crippen molar-refractivity contribution >= 4 is 5.52 Å². The van der Waals surface area contributed by atoms with Gasteiger partial charge >= 0.3 is 0 Å². The molecule has 5 rings (SSSR count). The Morgan fingerprint density at radius 3 is 2.59 bits per heavy atom. The molecule has 0 aliphatic rings. The second-order valence-corrected chi connectivity index (χ2v) is 8.77. The Labute approximate surface area is 215 Å². The van der Waals surface area contributed by atoms with Gasteiger partial charge < -0.3 is 18.5 Å². The lowest BCUT2D eigenvalue weighted by atomic mass is 10.1. The first-order chi connectivity index (χ1) is 18.1. The highest BCUT2D eigenvalue weighted by Gasteiger charge is 2.16. The Balaban J connectivity index is 1.41. The number of benzene rings is 2. The van der Waals surface area contributed by atoms with E-state index in [0.29, 0.717) is 48.3 Å². The second-order valence-electron chi connectivity index (χ2n) is 8.77. The first-order valence-corrected chi connectivity index (χ1v) is 12.6. The van der Waals surface area contributed by atoms with Crippen LogP contribution < -0.4 is 15.0 Å². The monoisotopic (exact) mass is 498 g/mol. The van der Waals surface area contributed by atoms with Crippen molar-refractivity contribution in [1.82, 2.24) is 19.2 Å². The fourth-order valence-corrected chi connectivity index (χ4v) is 4.13. The maximum atomic E-state index is 13.4. The fourth-order valence-electron chi connectivity index (χ4n) is 4.13. The maximum absolute atomic E-state index is 13.4. The molecule has 0 amide bonds. The maximum Gasteiger partial charge on any atom is 0.276 e. The zero-order valence-electron chi connectivity index (χ0n) is 21.3. The standard InChI is InChI=1S/C29H30N4O4/c1-4-6-17-36-27-10-8-7-9-23(27)24-18-26-29(34)32(15-16-33(26)31-24)19-25-20(3)37-28(30-25)21-11-13-22(14-12-21)35-5-2/h7-16,18H,4-6,17,19H2,1-3H3. The first kappa shape index (κ1) is 24.4. The van der Waals surface area contributed by atoms with Crippen LogP contribution in [0, 0.1) is 6.92 Å². The molecule has 5 aromatic rings. The molecule has 37 heavy (non-hydrogen) atoms. The fraction of sp³-hybridized carbons (Fsp3) is 0.276. The van der Waals surface area contributed by atoms with Gasteiger partial charge in [0.25, 0.3) is 5.56 Å². The van der Waals surface area contributed by atoms with E-state index in [9.17, 15) is 4.79 Å². The molecule has 0 spiro atoms. The predicted molar refractivity (Wildman–Crippen MR) is 142 cm³/mol. The van der Waals surface area contributed by atoms with Crippen LogP contribution in [-0.2, 0) is 6.54 Å². The minimum absolute atomic E-state index is 0.157. The molecule has 3 heterocycles. The van der Waals surface area contributed by atoms with Gasteiger partial charge in [0.05, 0.1) is 25.5 Å². The molecule has 8 nitrogen and oxygen atoms in total. The molecular weight excluding hydrogens is 468 g/mol. The topological polar surface area (TPSA) is 83.8 Å². The van der Waals surface area contributed by atoms with Crippen molar-refractivity contribution in [2.45, 2.75) is 40.2 Å². The van der Waals surface area contributed by atoms with Gasteiger partial charge in [-0.05, 0) is 62.7 Å². The van der Waals surface area contributed by atoms with Crippen LogP contribution in [0.4, 0.5) is 0 Å². The summed E-state index contributed by atoms with van der Waals surface area (Å²) in [6.45, 7) is 7.48. The zero-order chi connectivity index (χ0) is 25.8. The summed E-state index contributed by atoms with van der Waals surface area (Å²) in [4.78, 5) is 18.0. The number of aryl methyl sites for hydroxylation is 1. The third-order valence-corrected chi connectivity index (χ3v) is 6.15. The summed E-state index contributed by atoms with van der Waals surface area (Å²) in [6, 6.07) is 17.2. The lowest BCUT2D eigenvalue weighted by molar-refractivity contribution is 0.310. The SMILES string of the molecule is CCCCOc1ccccc1-c1cc2c(=O)n(Cc3nc(-c4ccc(OCC)cc4)oc3C)ccn2n1. The van der Waals surface area contributed by atoms with Gasteiger partial charge in [-0.25, -0.2) is 9.50 Å². The van der Waals surface area contributed by atoms with E-state index in [1.807, 2.05) is 68.4 Å². The molecule has 0 fully saturated rings. The molecular formula is C29H30N4O4. The number of fused-ring (bicyclic) bond motifs is 1. The van der Waals surface area contributed by atoms with E-state index >= 15 is 0 Å². The summed E-state index contributed by atoms with van der Waals surface area (Å²) < 4.78 is 20.6.